The smallest absolute Gasteiger partial charge is 0.248 e. The van der Waals surface area contributed by atoms with Crippen LogP contribution < -0.4 is 15.8 Å². The highest BCUT2D eigenvalue weighted by Crippen LogP contribution is 2.55. The van der Waals surface area contributed by atoms with Crippen LogP contribution in [0.2, 0.25) is 0 Å². The molecule has 0 N–H and O–H groups in total. The fourth-order valence-electron chi connectivity index (χ4n) is 6.16. The number of nitrogens with zero attached hydrogens (tertiary/aromatic N) is 2. The summed E-state index contributed by atoms with van der Waals surface area (Å²) in [6, 6.07) is 28.7. The molecule has 3 aromatic carbocycles. The molecule has 2 aliphatic heterocycles. The van der Waals surface area contributed by atoms with E-state index in [2.05, 4.69) is 109 Å². The fourth-order valence-corrected chi connectivity index (χ4v) is 6.16. The Hall–Kier alpha value is -3.59. The number of allylic oxidation sites excluding steroid dienone is 1. The first-order valence-electron chi connectivity index (χ1n) is 10.9. The zero-order valence-electron chi connectivity index (χ0n) is 17.6. The van der Waals surface area contributed by atoms with Crippen LogP contribution in [0.1, 0.15) is 30.5 Å². The van der Waals surface area contributed by atoms with Crippen molar-refractivity contribution in [1.82, 2.24) is 4.98 Å². The van der Waals surface area contributed by atoms with Crippen molar-refractivity contribution in [3.63, 3.8) is 0 Å². The number of benzene rings is 3. The van der Waals surface area contributed by atoms with Crippen LogP contribution in [0.15, 0.2) is 91.3 Å². The Morgan fingerprint density at radius 3 is 2.42 bits per heavy atom. The van der Waals surface area contributed by atoms with Crippen LogP contribution >= 0.6 is 0 Å². The van der Waals surface area contributed by atoms with Gasteiger partial charge in [0, 0.05) is 34.9 Å². The third-order valence-corrected chi connectivity index (χ3v) is 7.35. The van der Waals surface area contributed by atoms with E-state index in [9.17, 15) is 0 Å². The first kappa shape index (κ1) is 17.1. The van der Waals surface area contributed by atoms with Gasteiger partial charge in [-0.05, 0) is 63.5 Å². The zero-order chi connectivity index (χ0) is 20.7. The number of hydrogen-bond acceptors (Lipinski definition) is 2. The van der Waals surface area contributed by atoms with Gasteiger partial charge in [-0.2, -0.15) is 0 Å². The minimum absolute atomic E-state index is 0.0576. The van der Waals surface area contributed by atoms with Gasteiger partial charge in [-0.1, -0.05) is 67.9 Å². The van der Waals surface area contributed by atoms with Crippen molar-refractivity contribution in [2.24, 2.45) is 0 Å². The molecule has 3 heterocycles. The van der Waals surface area contributed by atoms with Crippen LogP contribution in [0.4, 0.5) is 17.1 Å². The van der Waals surface area contributed by atoms with E-state index < -0.39 is 0 Å². The maximum absolute atomic E-state index is 4.48. The Kier molecular flexibility index (Phi) is 3.18. The molecule has 0 radical (unpaired) electrons. The summed E-state index contributed by atoms with van der Waals surface area (Å²) in [7, 11) is 0. The normalized spacial score (nSPS) is 16.7. The van der Waals surface area contributed by atoms with E-state index >= 15 is 0 Å². The number of rotatable bonds is 1. The lowest BCUT2D eigenvalue weighted by molar-refractivity contribution is 0.700. The van der Waals surface area contributed by atoms with Crippen molar-refractivity contribution in [2.45, 2.75) is 19.3 Å². The minimum atomic E-state index is -0.0576. The molecule has 0 atom stereocenters. The van der Waals surface area contributed by atoms with Crippen molar-refractivity contribution >= 4 is 45.7 Å². The van der Waals surface area contributed by atoms with Gasteiger partial charge in [0.2, 0.25) is 6.71 Å². The highest BCUT2D eigenvalue weighted by molar-refractivity contribution is 7.05. The summed E-state index contributed by atoms with van der Waals surface area (Å²) in [6.45, 7) is 4.97. The summed E-state index contributed by atoms with van der Waals surface area (Å²) in [4.78, 5) is 6.92. The SMILES string of the molecule is CC1(C)C2=C(B3c4ccccc4N(c4ccccc4)c4cccc2c43)c2ccncc21. The average Bonchev–Trinajstić information content (AvgIpc) is 3.28. The zero-order valence-corrected chi connectivity index (χ0v) is 17.6. The highest BCUT2D eigenvalue weighted by atomic mass is 15.1. The number of aromatic nitrogens is 1. The van der Waals surface area contributed by atoms with Gasteiger partial charge in [-0.25, -0.2) is 0 Å². The lowest BCUT2D eigenvalue weighted by Gasteiger charge is -2.37. The summed E-state index contributed by atoms with van der Waals surface area (Å²) in [5, 5.41) is 0. The highest BCUT2D eigenvalue weighted by Gasteiger charge is 2.51. The molecule has 7 rings (SSSR count). The second-order valence-corrected chi connectivity index (χ2v) is 9.24. The van der Waals surface area contributed by atoms with Crippen molar-refractivity contribution in [2.75, 3.05) is 4.90 Å². The van der Waals surface area contributed by atoms with E-state index in [1.807, 2.05) is 6.20 Å². The van der Waals surface area contributed by atoms with Crippen molar-refractivity contribution in [1.29, 1.82) is 0 Å². The van der Waals surface area contributed by atoms with Gasteiger partial charge in [0.15, 0.2) is 0 Å². The van der Waals surface area contributed by atoms with E-state index in [1.54, 1.807) is 0 Å². The van der Waals surface area contributed by atoms with E-state index in [-0.39, 0.29) is 12.1 Å². The predicted octanol–water partition coefficient (Wildman–Crippen LogP) is 5.23. The van der Waals surface area contributed by atoms with Crippen LogP contribution in [0.3, 0.4) is 0 Å². The Bertz CT molecular complexity index is 1420. The first-order valence-corrected chi connectivity index (χ1v) is 10.9. The topological polar surface area (TPSA) is 16.1 Å². The summed E-state index contributed by atoms with van der Waals surface area (Å²) in [5.74, 6) is 0. The monoisotopic (exact) mass is 396 g/mol. The molecule has 1 aromatic heterocycles. The molecule has 0 saturated carbocycles. The van der Waals surface area contributed by atoms with Gasteiger partial charge >= 0.3 is 0 Å². The molecule has 0 spiro atoms. The standard InChI is InChI=1S/C28H21BN2/c1-28(2)21-17-30-16-15-19(21)27-25(28)20-11-8-14-24-26(20)29(27)22-12-6-7-13-23(22)31(24)18-9-4-3-5-10-18/h3-17H,1-2H3. The molecule has 146 valence electrons. The number of fused-ring (bicyclic) bond motifs is 6. The predicted molar refractivity (Wildman–Crippen MR) is 130 cm³/mol. The third-order valence-electron chi connectivity index (χ3n) is 7.35. The number of pyridine rings is 1. The first-order chi connectivity index (χ1) is 15.2. The summed E-state index contributed by atoms with van der Waals surface area (Å²) < 4.78 is 0. The Balaban J connectivity index is 1.59. The van der Waals surface area contributed by atoms with Gasteiger partial charge in [-0.3, -0.25) is 4.98 Å². The molecule has 0 amide bonds. The molecule has 0 fully saturated rings. The van der Waals surface area contributed by atoms with Crippen LogP contribution in [0.5, 0.6) is 0 Å². The summed E-state index contributed by atoms with van der Waals surface area (Å²) in [6.07, 6.45) is 4.02. The van der Waals surface area contributed by atoms with Crippen LogP contribution in [-0.4, -0.2) is 11.7 Å². The van der Waals surface area contributed by atoms with E-state index in [1.165, 1.54) is 55.7 Å². The molecule has 3 heteroatoms. The van der Waals surface area contributed by atoms with Gasteiger partial charge in [0.05, 0.1) is 0 Å². The van der Waals surface area contributed by atoms with E-state index in [4.69, 9.17) is 0 Å². The third kappa shape index (κ3) is 2.01. The molecule has 2 nitrogen and oxygen atoms in total. The Morgan fingerprint density at radius 2 is 1.55 bits per heavy atom. The quantitative estimate of drug-likeness (QED) is 0.410. The van der Waals surface area contributed by atoms with E-state index in [0.29, 0.717) is 0 Å². The van der Waals surface area contributed by atoms with Gasteiger partial charge in [0.1, 0.15) is 0 Å². The molecule has 4 aromatic rings. The lowest BCUT2D eigenvalue weighted by atomic mass is 9.35. The molecular weight excluding hydrogens is 375 g/mol. The molecule has 0 unspecified atom stereocenters. The summed E-state index contributed by atoms with van der Waals surface area (Å²) in [5.41, 5.74) is 13.6. The van der Waals surface area contributed by atoms with Crippen molar-refractivity contribution in [3.05, 3.63) is 108 Å². The van der Waals surface area contributed by atoms with Crippen molar-refractivity contribution in [3.8, 4) is 0 Å². The second-order valence-electron chi connectivity index (χ2n) is 9.24. The number of hydrogen-bond donors (Lipinski definition) is 0. The lowest BCUT2D eigenvalue weighted by Crippen LogP contribution is -2.49. The fraction of sp³-hybridized carbons (Fsp3) is 0.107. The maximum atomic E-state index is 4.48. The maximum Gasteiger partial charge on any atom is 0.248 e. The van der Waals surface area contributed by atoms with Gasteiger partial charge < -0.3 is 4.90 Å². The largest absolute Gasteiger partial charge is 0.312 e. The second kappa shape index (κ2) is 5.76. The summed E-state index contributed by atoms with van der Waals surface area (Å²) >= 11 is 0. The van der Waals surface area contributed by atoms with Gasteiger partial charge in [0.25, 0.3) is 0 Å². The molecular formula is C28H21BN2. The average molecular weight is 396 g/mol. The van der Waals surface area contributed by atoms with Crippen LogP contribution in [0, 0.1) is 0 Å². The molecule has 0 bridgehead atoms. The van der Waals surface area contributed by atoms with Gasteiger partial charge in [-0.15, -0.1) is 0 Å². The number of anilines is 3. The molecule has 3 aliphatic rings. The Labute approximate surface area is 183 Å². The van der Waals surface area contributed by atoms with Crippen LogP contribution in [0.25, 0.3) is 11.0 Å². The van der Waals surface area contributed by atoms with E-state index in [0.717, 1.165) is 0 Å². The van der Waals surface area contributed by atoms with Crippen LogP contribution in [-0.2, 0) is 5.41 Å². The minimum Gasteiger partial charge on any atom is -0.312 e. The molecule has 0 saturated heterocycles. The Morgan fingerprint density at radius 1 is 0.774 bits per heavy atom. The van der Waals surface area contributed by atoms with Crippen molar-refractivity contribution < 1.29 is 0 Å². The molecule has 1 aliphatic carbocycles. The number of para-hydroxylation sites is 2. The molecule has 31 heavy (non-hydrogen) atoms.